The third-order valence-electron chi connectivity index (χ3n) is 4.75. The van der Waals surface area contributed by atoms with Gasteiger partial charge in [-0.25, -0.2) is 0 Å². The molecule has 1 aliphatic carbocycles. The predicted molar refractivity (Wildman–Crippen MR) is 93.7 cm³/mol. The lowest BCUT2D eigenvalue weighted by atomic mass is 9.90. The normalized spacial score (nSPS) is 26.3. The number of anilines is 1. The Kier molecular flexibility index (Phi) is 4.84. The van der Waals surface area contributed by atoms with Crippen molar-refractivity contribution < 1.29 is 4.79 Å². The maximum atomic E-state index is 11.9. The molecule has 23 heavy (non-hydrogen) atoms. The molecule has 1 saturated carbocycles. The molecule has 2 aliphatic rings. The van der Waals surface area contributed by atoms with Crippen LogP contribution >= 0.6 is 0 Å². The summed E-state index contributed by atoms with van der Waals surface area (Å²) in [6.45, 7) is 2.95. The summed E-state index contributed by atoms with van der Waals surface area (Å²) < 4.78 is 0. The van der Waals surface area contributed by atoms with Gasteiger partial charge in [0, 0.05) is 37.7 Å². The van der Waals surface area contributed by atoms with Crippen LogP contribution in [-0.2, 0) is 4.79 Å². The molecule has 3 N–H and O–H groups in total. The minimum absolute atomic E-state index is 0.0867. The average Bonchev–Trinajstić information content (AvgIpc) is 3.29. The van der Waals surface area contributed by atoms with Crippen molar-refractivity contribution in [3.8, 4) is 0 Å². The van der Waals surface area contributed by atoms with E-state index in [4.69, 9.17) is 0 Å². The van der Waals surface area contributed by atoms with Crippen molar-refractivity contribution in [1.82, 2.24) is 10.6 Å². The number of benzene rings is 1. The van der Waals surface area contributed by atoms with Gasteiger partial charge in [0.15, 0.2) is 5.96 Å². The van der Waals surface area contributed by atoms with Crippen molar-refractivity contribution in [3.63, 3.8) is 0 Å². The number of rotatable bonds is 5. The van der Waals surface area contributed by atoms with Gasteiger partial charge in [-0.3, -0.25) is 9.79 Å². The van der Waals surface area contributed by atoms with Gasteiger partial charge in [-0.05, 0) is 30.4 Å². The highest BCUT2D eigenvalue weighted by Gasteiger charge is 2.36. The molecule has 5 heteroatoms. The number of para-hydroxylation sites is 1. The second kappa shape index (κ2) is 7.02. The molecule has 0 bridgehead atoms. The summed E-state index contributed by atoms with van der Waals surface area (Å²) in [6, 6.07) is 8.59. The van der Waals surface area contributed by atoms with Crippen molar-refractivity contribution >= 4 is 17.6 Å². The number of carbonyl (C=O) groups is 1. The number of nitrogens with zero attached hydrogens (tertiary/aromatic N) is 1. The van der Waals surface area contributed by atoms with E-state index in [1.165, 1.54) is 24.8 Å². The fourth-order valence-electron chi connectivity index (χ4n) is 3.39. The number of aliphatic imine (C=N–C) groups is 1. The molecular weight excluding hydrogens is 288 g/mol. The quantitative estimate of drug-likeness (QED) is 0.578. The van der Waals surface area contributed by atoms with Gasteiger partial charge in [0.2, 0.25) is 5.91 Å². The Bertz CT molecular complexity index is 598. The molecule has 1 amide bonds. The minimum Gasteiger partial charge on any atom is -0.356 e. The van der Waals surface area contributed by atoms with Gasteiger partial charge >= 0.3 is 0 Å². The highest BCUT2D eigenvalue weighted by Crippen LogP contribution is 2.34. The first kappa shape index (κ1) is 15.8. The third-order valence-corrected chi connectivity index (χ3v) is 4.75. The number of fused-ring (bicyclic) bond motifs is 1. The number of hydrogen-bond donors (Lipinski definition) is 3. The summed E-state index contributed by atoms with van der Waals surface area (Å²) in [6.07, 6.45) is 4.28. The van der Waals surface area contributed by atoms with Crippen molar-refractivity contribution in [1.29, 1.82) is 0 Å². The van der Waals surface area contributed by atoms with Crippen LogP contribution in [0.4, 0.5) is 5.69 Å². The second-order valence-electron chi connectivity index (χ2n) is 6.52. The zero-order valence-electron chi connectivity index (χ0n) is 13.9. The molecule has 0 saturated heterocycles. The van der Waals surface area contributed by atoms with Crippen molar-refractivity contribution in [2.75, 3.05) is 18.9 Å². The third kappa shape index (κ3) is 3.84. The van der Waals surface area contributed by atoms with Crippen molar-refractivity contribution in [2.45, 2.75) is 44.6 Å². The largest absolute Gasteiger partial charge is 0.356 e. The summed E-state index contributed by atoms with van der Waals surface area (Å²) in [4.78, 5) is 16.2. The Morgan fingerprint density at radius 2 is 2.22 bits per heavy atom. The number of nitrogens with one attached hydrogen (secondary N) is 3. The molecule has 0 radical (unpaired) electrons. The Labute approximate surface area is 138 Å². The molecule has 1 heterocycles. The summed E-state index contributed by atoms with van der Waals surface area (Å²) in [5.41, 5.74) is 2.13. The maximum Gasteiger partial charge on any atom is 0.225 e. The molecule has 0 aromatic heterocycles. The molecule has 1 aromatic rings. The molecule has 3 unspecified atom stereocenters. The topological polar surface area (TPSA) is 65.5 Å². The van der Waals surface area contributed by atoms with Crippen LogP contribution in [0.1, 0.15) is 44.1 Å². The SMILES string of the molecule is CCCC1CC1NC(=NC)NCC1CC(=O)Nc2ccccc21. The van der Waals surface area contributed by atoms with Crippen LogP contribution in [0.2, 0.25) is 0 Å². The van der Waals surface area contributed by atoms with Gasteiger partial charge in [0.05, 0.1) is 0 Å². The minimum atomic E-state index is 0.0867. The van der Waals surface area contributed by atoms with Crippen LogP contribution in [0.15, 0.2) is 29.3 Å². The standard InChI is InChI=1S/C18H26N4O/c1-3-6-12-9-16(12)22-18(19-2)20-11-13-10-17(23)21-15-8-5-4-7-14(13)15/h4-5,7-8,12-13,16H,3,6,9-11H2,1-2H3,(H,21,23)(H2,19,20,22). The molecular formula is C18H26N4O. The van der Waals surface area contributed by atoms with Crippen LogP contribution in [0.25, 0.3) is 0 Å². The summed E-state index contributed by atoms with van der Waals surface area (Å²) in [5, 5.41) is 9.82. The summed E-state index contributed by atoms with van der Waals surface area (Å²) >= 11 is 0. The second-order valence-corrected chi connectivity index (χ2v) is 6.52. The molecule has 1 fully saturated rings. The smallest absolute Gasteiger partial charge is 0.225 e. The first-order valence-corrected chi connectivity index (χ1v) is 8.57. The molecule has 3 atom stereocenters. The Balaban J connectivity index is 1.56. The Morgan fingerprint density at radius 3 is 3.00 bits per heavy atom. The van der Waals surface area contributed by atoms with E-state index < -0.39 is 0 Å². The fraction of sp³-hybridized carbons (Fsp3) is 0.556. The molecule has 1 aliphatic heterocycles. The fourth-order valence-corrected chi connectivity index (χ4v) is 3.39. The van der Waals surface area contributed by atoms with E-state index in [1.807, 2.05) is 18.2 Å². The van der Waals surface area contributed by atoms with E-state index in [-0.39, 0.29) is 11.8 Å². The zero-order valence-corrected chi connectivity index (χ0v) is 13.9. The van der Waals surface area contributed by atoms with E-state index in [1.54, 1.807) is 7.05 Å². The number of guanidine groups is 1. The van der Waals surface area contributed by atoms with E-state index in [0.717, 1.165) is 24.1 Å². The van der Waals surface area contributed by atoms with Gasteiger partial charge in [-0.2, -0.15) is 0 Å². The molecule has 5 nitrogen and oxygen atoms in total. The van der Waals surface area contributed by atoms with Gasteiger partial charge in [0.25, 0.3) is 0 Å². The number of carbonyl (C=O) groups excluding carboxylic acids is 1. The highest BCUT2D eigenvalue weighted by molar-refractivity contribution is 5.94. The summed E-state index contributed by atoms with van der Waals surface area (Å²) in [5.74, 6) is 1.91. The van der Waals surface area contributed by atoms with Crippen molar-refractivity contribution in [3.05, 3.63) is 29.8 Å². The van der Waals surface area contributed by atoms with Gasteiger partial charge in [0.1, 0.15) is 0 Å². The number of hydrogen-bond acceptors (Lipinski definition) is 2. The molecule has 3 rings (SSSR count). The lowest BCUT2D eigenvalue weighted by Crippen LogP contribution is -2.42. The molecule has 124 valence electrons. The lowest BCUT2D eigenvalue weighted by Gasteiger charge is -2.26. The van der Waals surface area contributed by atoms with E-state index in [0.29, 0.717) is 12.5 Å². The van der Waals surface area contributed by atoms with Gasteiger partial charge < -0.3 is 16.0 Å². The Hall–Kier alpha value is -2.04. The van der Waals surface area contributed by atoms with E-state index in [2.05, 4.69) is 33.9 Å². The first-order valence-electron chi connectivity index (χ1n) is 8.57. The van der Waals surface area contributed by atoms with Crippen molar-refractivity contribution in [2.24, 2.45) is 10.9 Å². The van der Waals surface area contributed by atoms with Gasteiger partial charge in [-0.1, -0.05) is 31.5 Å². The van der Waals surface area contributed by atoms with Crippen LogP contribution < -0.4 is 16.0 Å². The highest BCUT2D eigenvalue weighted by atomic mass is 16.1. The lowest BCUT2D eigenvalue weighted by molar-refractivity contribution is -0.116. The molecule has 1 aromatic carbocycles. The molecule has 0 spiro atoms. The summed E-state index contributed by atoms with van der Waals surface area (Å²) in [7, 11) is 1.80. The maximum absolute atomic E-state index is 11.9. The predicted octanol–water partition coefficient (Wildman–Crippen LogP) is 2.47. The van der Waals surface area contributed by atoms with E-state index >= 15 is 0 Å². The average molecular weight is 314 g/mol. The first-order chi connectivity index (χ1) is 11.2. The number of amides is 1. The zero-order chi connectivity index (χ0) is 16.2. The monoisotopic (exact) mass is 314 g/mol. The van der Waals surface area contributed by atoms with Crippen LogP contribution in [0.3, 0.4) is 0 Å². The van der Waals surface area contributed by atoms with Crippen LogP contribution in [0, 0.1) is 5.92 Å². The Morgan fingerprint density at radius 1 is 1.39 bits per heavy atom. The van der Waals surface area contributed by atoms with E-state index in [9.17, 15) is 4.79 Å². The van der Waals surface area contributed by atoms with Crippen LogP contribution in [-0.4, -0.2) is 31.5 Å². The van der Waals surface area contributed by atoms with Crippen LogP contribution in [0.5, 0.6) is 0 Å². The van der Waals surface area contributed by atoms with Gasteiger partial charge in [-0.15, -0.1) is 0 Å².